The fourth-order valence-electron chi connectivity index (χ4n) is 5.89. The van der Waals surface area contributed by atoms with Crippen LogP contribution in [0.15, 0.2) is 24.3 Å². The zero-order chi connectivity index (χ0) is 24.2. The van der Waals surface area contributed by atoms with Crippen LogP contribution < -0.4 is 3.02 Å². The van der Waals surface area contributed by atoms with Crippen LogP contribution in [0.4, 0.5) is 0 Å². The van der Waals surface area contributed by atoms with Crippen LogP contribution in [0.2, 0.25) is 19.3 Å². The molecule has 0 N–H and O–H groups in total. The van der Waals surface area contributed by atoms with Crippen LogP contribution in [0.1, 0.15) is 62.1 Å². The Morgan fingerprint density at radius 2 is 1.32 bits per heavy atom. The number of thiazole rings is 2. The summed E-state index contributed by atoms with van der Waals surface area (Å²) in [6.45, 7) is 11.9. The van der Waals surface area contributed by atoms with Crippen molar-refractivity contribution in [1.29, 1.82) is 0 Å². The minimum atomic E-state index is -2.21. The van der Waals surface area contributed by atoms with Gasteiger partial charge in [0.15, 0.2) is 0 Å². The number of benzene rings is 2. The van der Waals surface area contributed by atoms with Crippen LogP contribution in [0.25, 0.3) is 31.7 Å². The molecule has 2 aliphatic carbocycles. The maximum atomic E-state index is 5.30. The fourth-order valence-corrected chi connectivity index (χ4v) is 16.0. The van der Waals surface area contributed by atoms with Gasteiger partial charge in [0.2, 0.25) is 0 Å². The van der Waals surface area contributed by atoms with Gasteiger partial charge in [-0.1, -0.05) is 0 Å². The van der Waals surface area contributed by atoms with Crippen molar-refractivity contribution in [3.8, 4) is 20.9 Å². The minimum absolute atomic E-state index is 0.0515. The van der Waals surface area contributed by atoms with E-state index in [9.17, 15) is 0 Å². The van der Waals surface area contributed by atoms with E-state index in [1.807, 2.05) is 22.7 Å². The molecule has 2 aliphatic rings. The normalized spacial score (nSPS) is 17.1. The van der Waals surface area contributed by atoms with Gasteiger partial charge in [-0.25, -0.2) is 0 Å². The number of rotatable bonds is 4. The molecule has 2 nitrogen and oxygen atoms in total. The van der Waals surface area contributed by atoms with Crippen LogP contribution >= 0.6 is 22.7 Å². The number of hydrogen-bond donors (Lipinski definition) is 0. The Morgan fingerprint density at radius 3 is 1.85 bits per heavy atom. The number of hydrogen-bond acceptors (Lipinski definition) is 4. The van der Waals surface area contributed by atoms with E-state index in [4.69, 9.17) is 9.97 Å². The van der Waals surface area contributed by atoms with Gasteiger partial charge in [0.1, 0.15) is 0 Å². The van der Waals surface area contributed by atoms with Crippen molar-refractivity contribution < 1.29 is 0 Å². The van der Waals surface area contributed by atoms with Crippen LogP contribution in [0.3, 0.4) is 0 Å². The molecule has 0 atom stereocenters. The second-order valence-corrected chi connectivity index (χ2v) is 33.6. The third-order valence-electron chi connectivity index (χ3n) is 7.59. The molecule has 2 heterocycles. The second kappa shape index (κ2) is 7.78. The zero-order valence-corrected chi connectivity index (χ0v) is 28.8. The monoisotopic (exact) mass is 700 g/mol. The summed E-state index contributed by atoms with van der Waals surface area (Å²) in [5.74, 6) is 0. The van der Waals surface area contributed by atoms with Crippen molar-refractivity contribution in [1.82, 2.24) is 9.97 Å². The third-order valence-corrected chi connectivity index (χ3v) is 22.4. The molecular weight excluding hydrogens is 666 g/mol. The quantitative estimate of drug-likeness (QED) is 0.206. The zero-order valence-electron chi connectivity index (χ0n) is 21.4. The van der Waals surface area contributed by atoms with Crippen LogP contribution in [0, 0.1) is 0 Å². The van der Waals surface area contributed by atoms with E-state index < -0.39 is 18.4 Å². The standard InChI is InChI=1S/C23H18N2S2.C2H5.3CH3.2Sn/c1-11-25-21-19(27-11)15-9-7-12-13(17(15)23(21,4)5)6-8-14-16(12)22(2,3)20-18(14)26-10-24-20;1-2;;;;;/h6-9H,1H2,2-5H3;1H2,2H3;3*1H3;;. The second-order valence-electron chi connectivity index (χ2n) is 11.8. The van der Waals surface area contributed by atoms with E-state index in [-0.39, 0.29) is 32.0 Å². The van der Waals surface area contributed by atoms with E-state index in [1.54, 1.807) is 0 Å². The Balaban J connectivity index is 1.56. The van der Waals surface area contributed by atoms with Gasteiger partial charge in [-0.2, -0.15) is 0 Å². The molecule has 0 aliphatic heterocycles. The van der Waals surface area contributed by atoms with Gasteiger partial charge < -0.3 is 0 Å². The molecule has 34 heavy (non-hydrogen) atoms. The van der Waals surface area contributed by atoms with Gasteiger partial charge in [0, 0.05) is 0 Å². The first kappa shape index (κ1) is 23.9. The van der Waals surface area contributed by atoms with Gasteiger partial charge in [-0.3, -0.25) is 0 Å². The van der Waals surface area contributed by atoms with Gasteiger partial charge in [0.05, 0.1) is 0 Å². The first-order chi connectivity index (χ1) is 16.0. The summed E-state index contributed by atoms with van der Waals surface area (Å²) < 4.78 is 4.11. The third kappa shape index (κ3) is 3.23. The van der Waals surface area contributed by atoms with Crippen molar-refractivity contribution >= 4 is 76.0 Å². The van der Waals surface area contributed by atoms with Crippen molar-refractivity contribution in [3.05, 3.63) is 51.8 Å². The summed E-state index contributed by atoms with van der Waals surface area (Å²) >= 11 is 1.45. The summed E-state index contributed by atoms with van der Waals surface area (Å²) in [5.41, 5.74) is 8.32. The molecule has 0 fully saturated rings. The summed E-state index contributed by atoms with van der Waals surface area (Å²) in [6.07, 6.45) is 0. The Labute approximate surface area is 225 Å². The molecule has 2 aromatic heterocycles. The Bertz CT molecular complexity index is 1480. The van der Waals surface area contributed by atoms with Crippen molar-refractivity contribution in [3.63, 3.8) is 0 Å². The van der Waals surface area contributed by atoms with Crippen molar-refractivity contribution in [2.24, 2.45) is 0 Å². The van der Waals surface area contributed by atoms with E-state index in [1.165, 1.54) is 71.1 Å². The van der Waals surface area contributed by atoms with E-state index in [2.05, 4.69) is 73.7 Å². The predicted molar refractivity (Wildman–Crippen MR) is 153 cm³/mol. The van der Waals surface area contributed by atoms with Crippen LogP contribution in [-0.2, 0) is 15.3 Å². The van der Waals surface area contributed by atoms with Crippen molar-refractivity contribution in [2.45, 2.75) is 69.1 Å². The van der Waals surface area contributed by atoms with E-state index in [0.717, 1.165) is 0 Å². The fraction of sp³-hybridized carbons (Fsp3) is 0.429. The molecule has 2 aromatic carbocycles. The predicted octanol–water partition coefficient (Wildman–Crippen LogP) is 7.55. The Kier molecular flexibility index (Phi) is 5.47. The molecule has 0 amide bonds. The summed E-state index contributed by atoms with van der Waals surface area (Å²) in [4.78, 5) is 20.8. The van der Waals surface area contributed by atoms with E-state index in [0.29, 0.717) is 0 Å². The first-order valence-electron chi connectivity index (χ1n) is 12.3. The molecule has 0 saturated heterocycles. The van der Waals surface area contributed by atoms with Crippen molar-refractivity contribution in [2.75, 3.05) is 0 Å². The summed E-state index contributed by atoms with van der Waals surface area (Å²) in [6, 6.07) is 9.62. The van der Waals surface area contributed by atoms with Crippen LogP contribution in [0.5, 0.6) is 0 Å². The summed E-state index contributed by atoms with van der Waals surface area (Å²) in [7, 11) is 0. The number of nitrogens with zero attached hydrogens (tertiary/aromatic N) is 2. The summed E-state index contributed by atoms with van der Waals surface area (Å²) in [5, 5.41) is 4.20. The molecule has 0 bridgehead atoms. The molecule has 6 rings (SSSR count). The molecule has 0 saturated carbocycles. The van der Waals surface area contributed by atoms with Gasteiger partial charge in [-0.15, -0.1) is 0 Å². The average Bonchev–Trinajstić information content (AvgIpc) is 3.48. The molecule has 0 spiro atoms. The molecule has 4 aromatic rings. The van der Waals surface area contributed by atoms with Gasteiger partial charge >= 0.3 is 228 Å². The topological polar surface area (TPSA) is 25.8 Å². The van der Waals surface area contributed by atoms with Gasteiger partial charge in [0.25, 0.3) is 0 Å². The van der Waals surface area contributed by atoms with E-state index >= 15 is 0 Å². The van der Waals surface area contributed by atoms with Gasteiger partial charge in [-0.05, 0) is 0 Å². The van der Waals surface area contributed by atoms with Crippen LogP contribution in [-0.4, -0.2) is 49.5 Å². The number of fused-ring (bicyclic) bond motifs is 9. The maximum absolute atomic E-state index is 5.30. The molecule has 174 valence electrons. The molecule has 2 radical (unpaired) electrons. The average molecular weight is 698 g/mol. The molecule has 6 heteroatoms. The number of aromatic nitrogens is 2. The molecule has 0 unspecified atom stereocenters. The Morgan fingerprint density at radius 1 is 0.794 bits per heavy atom. The SMILES string of the molecule is C[CH2][Sn][CH2]c1nc2c(s1)-c1ccc3c4c(ccc3c1C2(C)C)-c1s[c]([Sn]([CH3])([CH3])[CH3])nc1C4(C)C. The molecular formula is C28H32N2S2Sn2. The Hall–Kier alpha value is -0.443. The first-order valence-corrected chi connectivity index (χ1v) is 28.0.